The SMILES string of the molecule is CN(C)c1ccc(C(=C2C=CC(=[N+](C)C)C=C2)c2cccc(N=Nc3cccc(C(c4ccc(N(C)C)cc4)c4ccc(N(C)C)cc4)c3)c2)cc1. The van der Waals surface area contributed by atoms with Crippen LogP contribution in [0, 0.1) is 0 Å². The molecule has 0 amide bonds. The summed E-state index contributed by atoms with van der Waals surface area (Å²) in [6.45, 7) is 0. The lowest BCUT2D eigenvalue weighted by Gasteiger charge is -2.22. The first kappa shape index (κ1) is 35.8. The van der Waals surface area contributed by atoms with E-state index in [1.807, 2.05) is 12.1 Å². The molecule has 0 spiro atoms. The number of benzene rings is 5. The van der Waals surface area contributed by atoms with Gasteiger partial charge in [-0.25, -0.2) is 4.58 Å². The van der Waals surface area contributed by atoms with Crippen molar-refractivity contribution in [1.29, 1.82) is 0 Å². The van der Waals surface area contributed by atoms with E-state index >= 15 is 0 Å². The largest absolute Gasteiger partial charge is 0.378 e. The van der Waals surface area contributed by atoms with Gasteiger partial charge in [0, 0.05) is 77.4 Å². The lowest BCUT2D eigenvalue weighted by molar-refractivity contribution is -0.462. The highest BCUT2D eigenvalue weighted by molar-refractivity contribution is 6.04. The molecular formula is C46H49N6+. The van der Waals surface area contributed by atoms with Crippen LogP contribution in [-0.2, 0) is 0 Å². The summed E-state index contributed by atoms with van der Waals surface area (Å²) in [5.74, 6) is 0.0424. The van der Waals surface area contributed by atoms with E-state index < -0.39 is 0 Å². The van der Waals surface area contributed by atoms with Crippen LogP contribution in [0.2, 0.25) is 0 Å². The second-order valence-electron chi connectivity index (χ2n) is 14.0. The fraction of sp³-hybridized carbons (Fsp3) is 0.196. The van der Waals surface area contributed by atoms with Gasteiger partial charge >= 0.3 is 0 Å². The molecule has 0 saturated heterocycles. The van der Waals surface area contributed by atoms with Gasteiger partial charge in [-0.3, -0.25) is 0 Å². The summed E-state index contributed by atoms with van der Waals surface area (Å²) in [5.41, 5.74) is 14.4. The second-order valence-corrected chi connectivity index (χ2v) is 14.0. The predicted molar refractivity (Wildman–Crippen MR) is 222 cm³/mol. The Kier molecular flexibility index (Phi) is 10.9. The Morgan fingerprint density at radius 1 is 0.481 bits per heavy atom. The third-order valence-corrected chi connectivity index (χ3v) is 9.45. The topological polar surface area (TPSA) is 37.5 Å². The van der Waals surface area contributed by atoms with E-state index in [1.165, 1.54) is 28.1 Å². The van der Waals surface area contributed by atoms with Crippen molar-refractivity contribution in [3.05, 3.63) is 179 Å². The molecule has 5 aromatic carbocycles. The van der Waals surface area contributed by atoms with Crippen molar-refractivity contribution < 1.29 is 4.58 Å². The first-order valence-electron chi connectivity index (χ1n) is 17.7. The van der Waals surface area contributed by atoms with Crippen LogP contribution in [0.1, 0.15) is 33.7 Å². The van der Waals surface area contributed by atoms with Gasteiger partial charge in [-0.1, -0.05) is 60.7 Å². The van der Waals surface area contributed by atoms with E-state index in [-0.39, 0.29) is 5.92 Å². The van der Waals surface area contributed by atoms with Gasteiger partial charge in [0.2, 0.25) is 0 Å². The second kappa shape index (κ2) is 15.9. The zero-order valence-corrected chi connectivity index (χ0v) is 31.6. The minimum Gasteiger partial charge on any atom is -0.378 e. The van der Waals surface area contributed by atoms with Crippen LogP contribution >= 0.6 is 0 Å². The molecule has 0 N–H and O–H groups in total. The number of allylic oxidation sites excluding steroid dienone is 5. The van der Waals surface area contributed by atoms with E-state index in [0.717, 1.165) is 45.0 Å². The molecule has 6 nitrogen and oxygen atoms in total. The average molecular weight is 686 g/mol. The van der Waals surface area contributed by atoms with Gasteiger partial charge in [-0.05, 0) is 112 Å². The van der Waals surface area contributed by atoms with Gasteiger partial charge < -0.3 is 14.7 Å². The highest BCUT2D eigenvalue weighted by Gasteiger charge is 2.19. The molecule has 0 aliphatic heterocycles. The molecule has 0 saturated carbocycles. The Labute approximate surface area is 309 Å². The summed E-state index contributed by atoms with van der Waals surface area (Å²) < 4.78 is 2.12. The van der Waals surface area contributed by atoms with Crippen LogP contribution in [-0.4, -0.2) is 66.7 Å². The first-order chi connectivity index (χ1) is 25.1. The standard InChI is InChI=1S/C46H49N6/c1-49(2)41-23-15-33(16-24-41)45(34-17-25-42(26-18-34)50(3)4)37-11-9-13-39(31-37)47-48-40-14-10-12-38(32-40)46(35-19-27-43(28-20-35)51(5)6)36-21-29-44(30-22-36)52(7)8/h9-32,45H,1-8H3/q+1. The summed E-state index contributed by atoms with van der Waals surface area (Å²) in [7, 11) is 16.5. The number of azo groups is 1. The number of nitrogens with zero attached hydrogens (tertiary/aromatic N) is 6. The van der Waals surface area contributed by atoms with Crippen LogP contribution in [0.4, 0.5) is 28.4 Å². The van der Waals surface area contributed by atoms with Crippen LogP contribution < -0.4 is 14.7 Å². The molecule has 0 fully saturated rings. The zero-order chi connectivity index (χ0) is 36.8. The molecule has 5 aromatic rings. The number of rotatable bonds is 10. The van der Waals surface area contributed by atoms with Crippen molar-refractivity contribution in [2.75, 3.05) is 71.1 Å². The Bertz CT molecular complexity index is 2090. The minimum atomic E-state index is 0.0424. The molecule has 262 valence electrons. The first-order valence-corrected chi connectivity index (χ1v) is 17.7. The van der Waals surface area contributed by atoms with E-state index in [4.69, 9.17) is 10.2 Å². The van der Waals surface area contributed by atoms with Gasteiger partial charge in [-0.2, -0.15) is 10.2 Å². The van der Waals surface area contributed by atoms with Gasteiger partial charge in [-0.15, -0.1) is 0 Å². The molecule has 0 aromatic heterocycles. The van der Waals surface area contributed by atoms with Crippen molar-refractivity contribution in [1.82, 2.24) is 0 Å². The third kappa shape index (κ3) is 8.30. The lowest BCUT2D eigenvalue weighted by atomic mass is 9.85. The molecule has 6 heteroatoms. The molecule has 6 rings (SSSR count). The fourth-order valence-corrected chi connectivity index (χ4v) is 6.47. The van der Waals surface area contributed by atoms with Gasteiger partial charge in [0.05, 0.1) is 11.4 Å². The highest BCUT2D eigenvalue weighted by atomic mass is 15.1. The van der Waals surface area contributed by atoms with E-state index in [1.54, 1.807) is 0 Å². The Morgan fingerprint density at radius 3 is 1.42 bits per heavy atom. The number of hydrogen-bond acceptors (Lipinski definition) is 5. The Hall–Kier alpha value is -6.01. The normalized spacial score (nSPS) is 12.5. The highest BCUT2D eigenvalue weighted by Crippen LogP contribution is 2.36. The van der Waals surface area contributed by atoms with E-state index in [2.05, 4.69) is 209 Å². The van der Waals surface area contributed by atoms with Crippen molar-refractivity contribution in [2.45, 2.75) is 5.92 Å². The number of hydrogen-bond donors (Lipinski definition) is 0. The Balaban J connectivity index is 1.35. The molecule has 0 heterocycles. The molecule has 0 atom stereocenters. The van der Waals surface area contributed by atoms with Gasteiger partial charge in [0.25, 0.3) is 0 Å². The summed E-state index contributed by atoms with van der Waals surface area (Å²) in [6, 6.07) is 43.2. The van der Waals surface area contributed by atoms with Crippen molar-refractivity contribution in [3.8, 4) is 0 Å². The lowest BCUT2D eigenvalue weighted by Crippen LogP contribution is -2.10. The van der Waals surface area contributed by atoms with Crippen LogP contribution in [0.5, 0.6) is 0 Å². The quantitative estimate of drug-likeness (QED) is 0.0835. The van der Waals surface area contributed by atoms with Crippen LogP contribution in [0.3, 0.4) is 0 Å². The van der Waals surface area contributed by atoms with Crippen LogP contribution in [0.25, 0.3) is 5.57 Å². The molecule has 1 aliphatic carbocycles. The molecule has 0 unspecified atom stereocenters. The fourth-order valence-electron chi connectivity index (χ4n) is 6.47. The monoisotopic (exact) mass is 685 g/mol. The molecular weight excluding hydrogens is 637 g/mol. The molecule has 0 bridgehead atoms. The summed E-state index contributed by atoms with van der Waals surface area (Å²) in [4.78, 5) is 6.38. The third-order valence-electron chi connectivity index (χ3n) is 9.45. The molecule has 0 radical (unpaired) electrons. The zero-order valence-electron chi connectivity index (χ0n) is 31.6. The minimum absolute atomic E-state index is 0.0424. The van der Waals surface area contributed by atoms with Crippen molar-refractivity contribution >= 4 is 39.7 Å². The molecule has 1 aliphatic rings. The Morgan fingerprint density at radius 2 is 0.942 bits per heavy atom. The van der Waals surface area contributed by atoms with Crippen LogP contribution in [0.15, 0.2) is 161 Å². The summed E-state index contributed by atoms with van der Waals surface area (Å²) >= 11 is 0. The van der Waals surface area contributed by atoms with Crippen molar-refractivity contribution in [3.63, 3.8) is 0 Å². The smallest absolute Gasteiger partial charge is 0.199 e. The maximum absolute atomic E-state index is 4.78. The summed E-state index contributed by atoms with van der Waals surface area (Å²) in [6.07, 6.45) is 8.73. The number of anilines is 3. The average Bonchev–Trinajstić information content (AvgIpc) is 3.15. The summed E-state index contributed by atoms with van der Waals surface area (Å²) in [5, 5.41) is 9.56. The maximum Gasteiger partial charge on any atom is 0.199 e. The van der Waals surface area contributed by atoms with Gasteiger partial charge in [0.15, 0.2) is 5.71 Å². The maximum atomic E-state index is 4.78. The predicted octanol–water partition coefficient (Wildman–Crippen LogP) is 10.1. The van der Waals surface area contributed by atoms with Gasteiger partial charge in [0.1, 0.15) is 14.1 Å². The van der Waals surface area contributed by atoms with Crippen molar-refractivity contribution in [2.24, 2.45) is 10.2 Å². The van der Waals surface area contributed by atoms with E-state index in [0.29, 0.717) is 0 Å². The molecule has 52 heavy (non-hydrogen) atoms. The van der Waals surface area contributed by atoms with E-state index in [9.17, 15) is 0 Å².